The van der Waals surface area contributed by atoms with Crippen molar-refractivity contribution in [1.82, 2.24) is 10.2 Å². The van der Waals surface area contributed by atoms with Gasteiger partial charge < -0.3 is 15.0 Å². The van der Waals surface area contributed by atoms with Crippen LogP contribution in [-0.2, 0) is 4.79 Å². The maximum absolute atomic E-state index is 12.4. The summed E-state index contributed by atoms with van der Waals surface area (Å²) >= 11 is 0. The van der Waals surface area contributed by atoms with Crippen LogP contribution in [0.2, 0.25) is 0 Å². The van der Waals surface area contributed by atoms with Gasteiger partial charge in [-0.1, -0.05) is 43.3 Å². The number of carbonyl (C=O) groups excluding carboxylic acids is 1. The lowest BCUT2D eigenvalue weighted by Gasteiger charge is -2.32. The van der Waals surface area contributed by atoms with Crippen molar-refractivity contribution in [2.75, 3.05) is 32.8 Å². The molecule has 0 atom stereocenters. The third-order valence-electron chi connectivity index (χ3n) is 4.75. The van der Waals surface area contributed by atoms with E-state index in [0.29, 0.717) is 5.92 Å². The molecule has 1 fully saturated rings. The molecule has 0 aromatic heterocycles. The monoisotopic (exact) mass is 326 g/mol. The fraction of sp³-hybridized carbons (Fsp3) is 0.450. The van der Waals surface area contributed by atoms with E-state index in [0.717, 1.165) is 55.5 Å². The first-order valence-corrected chi connectivity index (χ1v) is 8.87. The highest BCUT2D eigenvalue weighted by Gasteiger charge is 2.22. The Bertz CT molecular complexity index is 673. The molecule has 0 aliphatic carbocycles. The third kappa shape index (κ3) is 4.06. The van der Waals surface area contributed by atoms with Crippen LogP contribution < -0.4 is 10.1 Å². The zero-order chi connectivity index (χ0) is 16.8. The Morgan fingerprint density at radius 2 is 1.92 bits per heavy atom. The number of ether oxygens (including phenoxy) is 1. The SMILES string of the molecule is CCNCC1CCN(C(=O)COc2cccc3ccccc23)CC1. The Kier molecular flexibility index (Phi) is 5.70. The molecule has 0 spiro atoms. The van der Waals surface area contributed by atoms with Crippen molar-refractivity contribution in [1.29, 1.82) is 0 Å². The molecule has 1 N–H and O–H groups in total. The fourth-order valence-electron chi connectivity index (χ4n) is 3.29. The molecule has 1 aliphatic rings. The normalized spacial score (nSPS) is 15.6. The van der Waals surface area contributed by atoms with Gasteiger partial charge in [0.2, 0.25) is 0 Å². The van der Waals surface area contributed by atoms with Gasteiger partial charge in [0.1, 0.15) is 5.75 Å². The number of rotatable bonds is 6. The summed E-state index contributed by atoms with van der Waals surface area (Å²) < 4.78 is 5.82. The van der Waals surface area contributed by atoms with E-state index in [-0.39, 0.29) is 12.5 Å². The molecule has 2 aromatic carbocycles. The number of hydrogen-bond donors (Lipinski definition) is 1. The minimum atomic E-state index is 0.0878. The molecule has 4 heteroatoms. The number of benzene rings is 2. The molecule has 1 heterocycles. The summed E-state index contributed by atoms with van der Waals surface area (Å²) in [5.74, 6) is 1.56. The fourth-order valence-corrected chi connectivity index (χ4v) is 3.29. The molecule has 1 amide bonds. The zero-order valence-corrected chi connectivity index (χ0v) is 14.3. The number of carbonyl (C=O) groups is 1. The summed E-state index contributed by atoms with van der Waals surface area (Å²) in [5, 5.41) is 5.58. The van der Waals surface area contributed by atoms with Crippen molar-refractivity contribution >= 4 is 16.7 Å². The molecular weight excluding hydrogens is 300 g/mol. The molecule has 2 aromatic rings. The summed E-state index contributed by atoms with van der Waals surface area (Å²) in [6.07, 6.45) is 2.15. The largest absolute Gasteiger partial charge is 0.483 e. The van der Waals surface area contributed by atoms with E-state index in [2.05, 4.69) is 24.4 Å². The van der Waals surface area contributed by atoms with Crippen molar-refractivity contribution < 1.29 is 9.53 Å². The Morgan fingerprint density at radius 3 is 2.71 bits per heavy atom. The lowest BCUT2D eigenvalue weighted by molar-refractivity contribution is -0.134. The van der Waals surface area contributed by atoms with Crippen LogP contribution in [0.15, 0.2) is 42.5 Å². The van der Waals surface area contributed by atoms with Gasteiger partial charge in [-0.15, -0.1) is 0 Å². The summed E-state index contributed by atoms with van der Waals surface area (Å²) in [4.78, 5) is 14.4. The third-order valence-corrected chi connectivity index (χ3v) is 4.75. The first kappa shape index (κ1) is 16.8. The van der Waals surface area contributed by atoms with Crippen molar-refractivity contribution in [3.63, 3.8) is 0 Å². The van der Waals surface area contributed by atoms with Gasteiger partial charge in [0.05, 0.1) is 0 Å². The van der Waals surface area contributed by atoms with Crippen LogP contribution in [0.1, 0.15) is 19.8 Å². The van der Waals surface area contributed by atoms with Gasteiger partial charge in [-0.2, -0.15) is 0 Å². The van der Waals surface area contributed by atoms with Crippen LogP contribution in [0.3, 0.4) is 0 Å². The summed E-state index contributed by atoms with van der Waals surface area (Å²) in [6, 6.07) is 14.0. The quantitative estimate of drug-likeness (QED) is 0.887. The summed E-state index contributed by atoms with van der Waals surface area (Å²) in [7, 11) is 0. The van der Waals surface area contributed by atoms with E-state index in [9.17, 15) is 4.79 Å². The Hall–Kier alpha value is -2.07. The highest BCUT2D eigenvalue weighted by molar-refractivity contribution is 5.88. The van der Waals surface area contributed by atoms with Crippen LogP contribution in [-0.4, -0.2) is 43.6 Å². The van der Waals surface area contributed by atoms with Gasteiger partial charge in [0.25, 0.3) is 5.91 Å². The average Bonchev–Trinajstić information content (AvgIpc) is 2.64. The number of hydrogen-bond acceptors (Lipinski definition) is 3. The number of likely N-dealkylation sites (tertiary alicyclic amines) is 1. The molecular formula is C20H26N2O2. The first-order chi connectivity index (χ1) is 11.8. The lowest BCUT2D eigenvalue weighted by atomic mass is 9.97. The van der Waals surface area contributed by atoms with Gasteiger partial charge in [-0.3, -0.25) is 4.79 Å². The Labute approximate surface area is 143 Å². The van der Waals surface area contributed by atoms with Gasteiger partial charge >= 0.3 is 0 Å². The van der Waals surface area contributed by atoms with E-state index >= 15 is 0 Å². The number of nitrogens with one attached hydrogen (secondary N) is 1. The van der Waals surface area contributed by atoms with E-state index in [1.807, 2.05) is 35.2 Å². The molecule has 24 heavy (non-hydrogen) atoms. The summed E-state index contributed by atoms with van der Waals surface area (Å²) in [6.45, 7) is 6.00. The summed E-state index contributed by atoms with van der Waals surface area (Å²) in [5.41, 5.74) is 0. The molecule has 0 saturated carbocycles. The second kappa shape index (κ2) is 8.15. The Balaban J connectivity index is 1.52. The van der Waals surface area contributed by atoms with Crippen molar-refractivity contribution in [2.24, 2.45) is 5.92 Å². The van der Waals surface area contributed by atoms with Crippen molar-refractivity contribution in [2.45, 2.75) is 19.8 Å². The Morgan fingerprint density at radius 1 is 1.17 bits per heavy atom. The number of nitrogens with zero attached hydrogens (tertiary/aromatic N) is 1. The van der Waals surface area contributed by atoms with E-state index < -0.39 is 0 Å². The van der Waals surface area contributed by atoms with Gasteiger partial charge in [0, 0.05) is 18.5 Å². The van der Waals surface area contributed by atoms with Crippen LogP contribution in [0.5, 0.6) is 5.75 Å². The molecule has 1 saturated heterocycles. The first-order valence-electron chi connectivity index (χ1n) is 8.87. The molecule has 128 valence electrons. The minimum absolute atomic E-state index is 0.0878. The maximum atomic E-state index is 12.4. The predicted molar refractivity (Wildman–Crippen MR) is 97.3 cm³/mol. The van der Waals surface area contributed by atoms with Crippen molar-refractivity contribution in [3.05, 3.63) is 42.5 Å². The van der Waals surface area contributed by atoms with Gasteiger partial charge in [0.15, 0.2) is 6.61 Å². The highest BCUT2D eigenvalue weighted by atomic mass is 16.5. The van der Waals surface area contributed by atoms with Crippen LogP contribution in [0, 0.1) is 5.92 Å². The van der Waals surface area contributed by atoms with E-state index in [1.165, 1.54) is 0 Å². The highest BCUT2D eigenvalue weighted by Crippen LogP contribution is 2.25. The minimum Gasteiger partial charge on any atom is -0.483 e. The van der Waals surface area contributed by atoms with Gasteiger partial charge in [-0.25, -0.2) is 0 Å². The zero-order valence-electron chi connectivity index (χ0n) is 14.3. The number of amides is 1. The van der Waals surface area contributed by atoms with Crippen molar-refractivity contribution in [3.8, 4) is 5.75 Å². The topological polar surface area (TPSA) is 41.6 Å². The molecule has 3 rings (SSSR count). The average molecular weight is 326 g/mol. The molecule has 0 bridgehead atoms. The molecule has 4 nitrogen and oxygen atoms in total. The second-order valence-corrected chi connectivity index (χ2v) is 6.40. The number of piperidine rings is 1. The number of fused-ring (bicyclic) bond motifs is 1. The van der Waals surface area contributed by atoms with E-state index in [1.54, 1.807) is 0 Å². The van der Waals surface area contributed by atoms with Crippen LogP contribution in [0.4, 0.5) is 0 Å². The maximum Gasteiger partial charge on any atom is 0.260 e. The van der Waals surface area contributed by atoms with Crippen LogP contribution in [0.25, 0.3) is 10.8 Å². The van der Waals surface area contributed by atoms with Crippen LogP contribution >= 0.6 is 0 Å². The second-order valence-electron chi connectivity index (χ2n) is 6.40. The molecule has 1 aliphatic heterocycles. The molecule has 0 radical (unpaired) electrons. The smallest absolute Gasteiger partial charge is 0.260 e. The molecule has 0 unspecified atom stereocenters. The standard InChI is InChI=1S/C20H26N2O2/c1-2-21-14-16-10-12-22(13-11-16)20(23)15-24-19-9-5-7-17-6-3-4-8-18(17)19/h3-9,16,21H,2,10-15H2,1H3. The van der Waals surface area contributed by atoms with E-state index in [4.69, 9.17) is 4.74 Å². The lowest BCUT2D eigenvalue weighted by Crippen LogP contribution is -2.42. The predicted octanol–water partition coefficient (Wildman–Crippen LogP) is 3.07. The van der Waals surface area contributed by atoms with Gasteiger partial charge in [-0.05, 0) is 43.3 Å².